The highest BCUT2D eigenvalue weighted by Crippen LogP contribution is 2.26. The molecule has 0 spiro atoms. The molecule has 0 unspecified atom stereocenters. The van der Waals surface area contributed by atoms with Crippen LogP contribution in [-0.4, -0.2) is 42.3 Å². The number of amides is 2. The SMILES string of the molecule is O=C(O[C@@H](C(=O)N1CCCC1)c1ccccc1)c1ccc(N2CCCC2=O)cc1. The van der Waals surface area contributed by atoms with Crippen molar-refractivity contribution >= 4 is 23.5 Å². The molecule has 150 valence electrons. The van der Waals surface area contributed by atoms with Crippen LogP contribution in [0.15, 0.2) is 54.6 Å². The smallest absolute Gasteiger partial charge is 0.339 e. The van der Waals surface area contributed by atoms with Crippen molar-refractivity contribution in [2.45, 2.75) is 31.8 Å². The summed E-state index contributed by atoms with van der Waals surface area (Å²) in [4.78, 5) is 41.1. The van der Waals surface area contributed by atoms with Crippen molar-refractivity contribution in [2.75, 3.05) is 24.5 Å². The number of nitrogens with zero attached hydrogens (tertiary/aromatic N) is 2. The lowest BCUT2D eigenvalue weighted by atomic mass is 10.1. The van der Waals surface area contributed by atoms with E-state index in [1.165, 1.54) is 0 Å². The zero-order valence-corrected chi connectivity index (χ0v) is 16.3. The molecule has 2 aromatic carbocycles. The Balaban J connectivity index is 1.51. The lowest BCUT2D eigenvalue weighted by Crippen LogP contribution is -2.34. The number of benzene rings is 2. The van der Waals surface area contributed by atoms with Gasteiger partial charge in [-0.05, 0) is 43.5 Å². The van der Waals surface area contributed by atoms with Crippen molar-refractivity contribution in [3.05, 3.63) is 65.7 Å². The maximum Gasteiger partial charge on any atom is 0.339 e. The van der Waals surface area contributed by atoms with Crippen molar-refractivity contribution in [1.82, 2.24) is 4.90 Å². The number of carbonyl (C=O) groups is 3. The van der Waals surface area contributed by atoms with Crippen LogP contribution in [-0.2, 0) is 14.3 Å². The van der Waals surface area contributed by atoms with E-state index in [-0.39, 0.29) is 11.8 Å². The van der Waals surface area contributed by atoms with Gasteiger partial charge in [0, 0.05) is 37.3 Å². The van der Waals surface area contributed by atoms with Crippen molar-refractivity contribution in [3.63, 3.8) is 0 Å². The zero-order chi connectivity index (χ0) is 20.2. The predicted molar refractivity (Wildman–Crippen MR) is 108 cm³/mol. The van der Waals surface area contributed by atoms with Gasteiger partial charge in [0.15, 0.2) is 0 Å². The summed E-state index contributed by atoms with van der Waals surface area (Å²) in [5.41, 5.74) is 1.80. The third kappa shape index (κ3) is 4.16. The van der Waals surface area contributed by atoms with E-state index in [2.05, 4.69) is 0 Å². The van der Waals surface area contributed by atoms with Crippen LogP contribution >= 0.6 is 0 Å². The first-order chi connectivity index (χ1) is 14.1. The van der Waals surface area contributed by atoms with Gasteiger partial charge in [-0.2, -0.15) is 0 Å². The lowest BCUT2D eigenvalue weighted by Gasteiger charge is -2.23. The van der Waals surface area contributed by atoms with Gasteiger partial charge >= 0.3 is 5.97 Å². The molecule has 2 saturated heterocycles. The Morgan fingerprint density at radius 3 is 2.17 bits per heavy atom. The summed E-state index contributed by atoms with van der Waals surface area (Å²) in [6.45, 7) is 2.08. The van der Waals surface area contributed by atoms with E-state index in [1.807, 2.05) is 18.2 Å². The average Bonchev–Trinajstić information content (AvgIpc) is 3.44. The minimum Gasteiger partial charge on any atom is -0.444 e. The summed E-state index contributed by atoms with van der Waals surface area (Å²) in [5.74, 6) is -0.632. The van der Waals surface area contributed by atoms with Crippen LogP contribution in [0.3, 0.4) is 0 Å². The Bertz CT molecular complexity index is 889. The van der Waals surface area contributed by atoms with Gasteiger partial charge in [0.1, 0.15) is 0 Å². The molecule has 1 atom stereocenters. The first-order valence-electron chi connectivity index (χ1n) is 10.1. The third-order valence-corrected chi connectivity index (χ3v) is 5.46. The molecule has 0 bridgehead atoms. The molecule has 2 fully saturated rings. The normalized spacial score (nSPS) is 17.4. The van der Waals surface area contributed by atoms with Crippen LogP contribution in [0.1, 0.15) is 47.7 Å². The van der Waals surface area contributed by atoms with Gasteiger partial charge in [0.05, 0.1) is 5.56 Å². The van der Waals surface area contributed by atoms with Crippen molar-refractivity contribution < 1.29 is 19.1 Å². The molecule has 6 heteroatoms. The minimum absolute atomic E-state index is 0.0979. The largest absolute Gasteiger partial charge is 0.444 e. The summed E-state index contributed by atoms with van der Waals surface area (Å²) >= 11 is 0. The summed E-state index contributed by atoms with van der Waals surface area (Å²) in [7, 11) is 0. The van der Waals surface area contributed by atoms with Gasteiger partial charge in [-0.3, -0.25) is 9.59 Å². The Labute approximate surface area is 170 Å². The molecule has 2 amide bonds. The molecule has 0 aliphatic carbocycles. The van der Waals surface area contributed by atoms with Crippen LogP contribution < -0.4 is 4.90 Å². The molecule has 0 saturated carbocycles. The number of ether oxygens (including phenoxy) is 1. The van der Waals surface area contributed by atoms with E-state index in [4.69, 9.17) is 4.74 Å². The predicted octanol–water partition coefficient (Wildman–Crippen LogP) is 3.33. The summed E-state index contributed by atoms with van der Waals surface area (Å²) < 4.78 is 5.67. The number of rotatable bonds is 5. The van der Waals surface area contributed by atoms with E-state index < -0.39 is 12.1 Å². The Kier molecular flexibility index (Phi) is 5.60. The maximum atomic E-state index is 13.0. The van der Waals surface area contributed by atoms with Crippen molar-refractivity contribution in [3.8, 4) is 0 Å². The Morgan fingerprint density at radius 2 is 1.55 bits per heavy atom. The van der Waals surface area contributed by atoms with Gasteiger partial charge in [-0.15, -0.1) is 0 Å². The highest BCUT2D eigenvalue weighted by molar-refractivity contribution is 5.97. The fourth-order valence-corrected chi connectivity index (χ4v) is 3.87. The quantitative estimate of drug-likeness (QED) is 0.732. The molecular formula is C23H24N2O4. The number of hydrogen-bond acceptors (Lipinski definition) is 4. The van der Waals surface area contributed by atoms with E-state index in [1.54, 1.807) is 46.2 Å². The maximum absolute atomic E-state index is 13.0. The number of likely N-dealkylation sites (tertiary alicyclic amines) is 1. The van der Waals surface area contributed by atoms with Crippen LogP contribution in [0.2, 0.25) is 0 Å². The summed E-state index contributed by atoms with van der Waals surface area (Å²) in [5, 5.41) is 0. The first kappa shape index (κ1) is 19.2. The highest BCUT2D eigenvalue weighted by atomic mass is 16.5. The van der Waals surface area contributed by atoms with Gasteiger partial charge < -0.3 is 14.5 Å². The molecule has 0 radical (unpaired) electrons. The molecule has 2 aliphatic heterocycles. The number of hydrogen-bond donors (Lipinski definition) is 0. The monoisotopic (exact) mass is 392 g/mol. The minimum atomic E-state index is -0.957. The molecule has 2 heterocycles. The fraction of sp³-hybridized carbons (Fsp3) is 0.348. The van der Waals surface area contributed by atoms with E-state index >= 15 is 0 Å². The van der Waals surface area contributed by atoms with Gasteiger partial charge in [-0.1, -0.05) is 30.3 Å². The fourth-order valence-electron chi connectivity index (χ4n) is 3.87. The standard InChI is InChI=1S/C23H24N2O4/c26-20-9-6-16-25(20)19-12-10-18(11-13-19)23(28)29-21(17-7-2-1-3-8-17)22(27)24-14-4-5-15-24/h1-3,7-8,10-13,21H,4-6,9,14-16H2/t21-/m1/s1. The summed E-state index contributed by atoms with van der Waals surface area (Å²) in [6, 6.07) is 15.9. The third-order valence-electron chi connectivity index (χ3n) is 5.46. The second-order valence-corrected chi connectivity index (χ2v) is 7.42. The molecule has 2 aromatic rings. The van der Waals surface area contributed by atoms with Crippen LogP contribution in [0.4, 0.5) is 5.69 Å². The van der Waals surface area contributed by atoms with Gasteiger partial charge in [0.2, 0.25) is 12.0 Å². The summed E-state index contributed by atoms with van der Waals surface area (Å²) in [6.07, 6.45) is 2.39. The lowest BCUT2D eigenvalue weighted by molar-refractivity contribution is -0.140. The zero-order valence-electron chi connectivity index (χ0n) is 16.3. The van der Waals surface area contributed by atoms with Crippen molar-refractivity contribution in [1.29, 1.82) is 0 Å². The molecule has 6 nitrogen and oxygen atoms in total. The van der Waals surface area contributed by atoms with Gasteiger partial charge in [0.25, 0.3) is 5.91 Å². The Hall–Kier alpha value is -3.15. The molecule has 0 aromatic heterocycles. The van der Waals surface area contributed by atoms with Gasteiger partial charge in [-0.25, -0.2) is 4.79 Å². The Morgan fingerprint density at radius 1 is 0.862 bits per heavy atom. The average molecular weight is 392 g/mol. The number of anilines is 1. The van der Waals surface area contributed by atoms with Crippen LogP contribution in [0, 0.1) is 0 Å². The molecule has 2 aliphatic rings. The number of carbonyl (C=O) groups excluding carboxylic acids is 3. The van der Waals surface area contributed by atoms with E-state index in [9.17, 15) is 14.4 Å². The van der Waals surface area contributed by atoms with Crippen LogP contribution in [0.5, 0.6) is 0 Å². The number of esters is 1. The molecule has 0 N–H and O–H groups in total. The molecular weight excluding hydrogens is 368 g/mol. The first-order valence-corrected chi connectivity index (χ1v) is 10.1. The molecule has 4 rings (SSSR count). The topological polar surface area (TPSA) is 66.9 Å². The molecule has 29 heavy (non-hydrogen) atoms. The second-order valence-electron chi connectivity index (χ2n) is 7.42. The highest BCUT2D eigenvalue weighted by Gasteiger charge is 2.31. The second kappa shape index (κ2) is 8.47. The van der Waals surface area contributed by atoms with Crippen molar-refractivity contribution in [2.24, 2.45) is 0 Å². The van der Waals surface area contributed by atoms with E-state index in [0.29, 0.717) is 37.2 Å². The van der Waals surface area contributed by atoms with E-state index in [0.717, 1.165) is 24.9 Å². The van der Waals surface area contributed by atoms with Crippen LogP contribution in [0.25, 0.3) is 0 Å².